The first-order valence-corrected chi connectivity index (χ1v) is 4.85. The Kier molecular flexibility index (Phi) is 3.66. The molecule has 15 heavy (non-hydrogen) atoms. The molecule has 0 aliphatic heterocycles. The number of aromatic hydroxyl groups is 1. The Morgan fingerprint density at radius 3 is 2.47 bits per heavy atom. The van der Waals surface area contributed by atoms with Gasteiger partial charge in [-0.2, -0.15) is 0 Å². The third-order valence-corrected chi connectivity index (χ3v) is 2.40. The van der Waals surface area contributed by atoms with Crippen LogP contribution in [0.1, 0.15) is 25.5 Å². The van der Waals surface area contributed by atoms with E-state index in [1.807, 2.05) is 0 Å². The number of phenols is 1. The van der Waals surface area contributed by atoms with E-state index in [1.54, 1.807) is 13.8 Å². The van der Waals surface area contributed by atoms with E-state index < -0.39 is 18.0 Å². The van der Waals surface area contributed by atoms with Crippen LogP contribution in [0.2, 0.25) is 0 Å². The fraction of sp³-hybridized carbons (Fsp3) is 0.455. The fourth-order valence-electron chi connectivity index (χ4n) is 1.39. The zero-order valence-corrected chi connectivity index (χ0v) is 8.81. The zero-order chi connectivity index (χ0) is 11.6. The van der Waals surface area contributed by atoms with Crippen LogP contribution in [-0.2, 0) is 0 Å². The highest BCUT2D eigenvalue weighted by molar-refractivity contribution is 5.35. The standard InChI is InChI=1S/C11H16FNO2/c1-6(2)11(15)10(13)8-5-7(12)3-4-9(8)14/h3-6,10-11,14-15H,13H2,1-2H3/t10-,11+/m0/s1. The van der Waals surface area contributed by atoms with Crippen molar-refractivity contribution in [3.8, 4) is 5.75 Å². The van der Waals surface area contributed by atoms with Crippen molar-refractivity contribution in [2.45, 2.75) is 26.0 Å². The van der Waals surface area contributed by atoms with Crippen LogP contribution in [-0.4, -0.2) is 16.3 Å². The summed E-state index contributed by atoms with van der Waals surface area (Å²) >= 11 is 0. The highest BCUT2D eigenvalue weighted by atomic mass is 19.1. The van der Waals surface area contributed by atoms with E-state index in [2.05, 4.69) is 0 Å². The minimum absolute atomic E-state index is 0.0531. The van der Waals surface area contributed by atoms with Crippen LogP contribution in [0.15, 0.2) is 18.2 Å². The summed E-state index contributed by atoms with van der Waals surface area (Å²) in [5.41, 5.74) is 5.97. The van der Waals surface area contributed by atoms with Gasteiger partial charge in [0.1, 0.15) is 11.6 Å². The van der Waals surface area contributed by atoms with Gasteiger partial charge in [-0.15, -0.1) is 0 Å². The van der Waals surface area contributed by atoms with Crippen molar-refractivity contribution in [1.29, 1.82) is 0 Å². The fourth-order valence-corrected chi connectivity index (χ4v) is 1.39. The summed E-state index contributed by atoms with van der Waals surface area (Å²) in [6.07, 6.45) is -0.808. The predicted molar refractivity (Wildman–Crippen MR) is 55.8 cm³/mol. The second-order valence-corrected chi connectivity index (χ2v) is 3.96. The Labute approximate surface area is 88.4 Å². The van der Waals surface area contributed by atoms with Gasteiger partial charge in [-0.1, -0.05) is 13.8 Å². The largest absolute Gasteiger partial charge is 0.508 e. The molecule has 0 radical (unpaired) electrons. The Balaban J connectivity index is 2.99. The van der Waals surface area contributed by atoms with Crippen LogP contribution in [0.3, 0.4) is 0 Å². The van der Waals surface area contributed by atoms with Crippen LogP contribution >= 0.6 is 0 Å². The van der Waals surface area contributed by atoms with Gasteiger partial charge in [-0.25, -0.2) is 4.39 Å². The average molecular weight is 213 g/mol. The van der Waals surface area contributed by atoms with Gasteiger partial charge in [0.25, 0.3) is 0 Å². The van der Waals surface area contributed by atoms with Gasteiger partial charge in [0.05, 0.1) is 12.1 Å². The minimum Gasteiger partial charge on any atom is -0.508 e. The number of aliphatic hydroxyl groups excluding tert-OH is 1. The van der Waals surface area contributed by atoms with Crippen LogP contribution in [0, 0.1) is 11.7 Å². The van der Waals surface area contributed by atoms with Crippen molar-refractivity contribution < 1.29 is 14.6 Å². The number of benzene rings is 1. The molecule has 0 heterocycles. The minimum atomic E-state index is -0.808. The van der Waals surface area contributed by atoms with Crippen LogP contribution in [0.4, 0.5) is 4.39 Å². The Hall–Kier alpha value is -1.13. The number of rotatable bonds is 3. The summed E-state index contributed by atoms with van der Waals surface area (Å²) in [6.45, 7) is 3.61. The molecule has 3 nitrogen and oxygen atoms in total. The normalized spacial score (nSPS) is 15.3. The highest BCUT2D eigenvalue weighted by Crippen LogP contribution is 2.27. The van der Waals surface area contributed by atoms with Gasteiger partial charge in [0.2, 0.25) is 0 Å². The Morgan fingerprint density at radius 2 is 1.93 bits per heavy atom. The van der Waals surface area contributed by atoms with Gasteiger partial charge in [0.15, 0.2) is 0 Å². The number of nitrogens with two attached hydrogens (primary N) is 1. The maximum absolute atomic E-state index is 12.9. The molecule has 0 spiro atoms. The molecule has 0 bridgehead atoms. The lowest BCUT2D eigenvalue weighted by Crippen LogP contribution is -2.30. The Bertz CT molecular complexity index is 341. The average Bonchev–Trinajstić information content (AvgIpc) is 2.19. The molecule has 84 valence electrons. The first-order chi connectivity index (χ1) is 6.93. The van der Waals surface area contributed by atoms with E-state index >= 15 is 0 Å². The van der Waals surface area contributed by atoms with Crippen LogP contribution < -0.4 is 5.73 Å². The van der Waals surface area contributed by atoms with Crippen molar-refractivity contribution in [3.05, 3.63) is 29.6 Å². The van der Waals surface area contributed by atoms with Gasteiger partial charge < -0.3 is 15.9 Å². The second-order valence-electron chi connectivity index (χ2n) is 3.96. The molecule has 0 saturated heterocycles. The zero-order valence-electron chi connectivity index (χ0n) is 8.81. The first kappa shape index (κ1) is 11.9. The van der Waals surface area contributed by atoms with Gasteiger partial charge >= 0.3 is 0 Å². The molecule has 4 N–H and O–H groups in total. The maximum atomic E-state index is 12.9. The van der Waals surface area contributed by atoms with Gasteiger partial charge in [-0.05, 0) is 24.1 Å². The smallest absolute Gasteiger partial charge is 0.123 e. The van der Waals surface area contributed by atoms with E-state index in [1.165, 1.54) is 6.07 Å². The van der Waals surface area contributed by atoms with Gasteiger partial charge in [0, 0.05) is 5.56 Å². The van der Waals surface area contributed by atoms with E-state index in [0.717, 1.165) is 12.1 Å². The molecule has 0 fully saturated rings. The molecule has 1 rings (SSSR count). The third kappa shape index (κ3) is 2.67. The molecular formula is C11H16FNO2. The molecule has 2 atom stereocenters. The molecule has 4 heteroatoms. The number of phenolic OH excluding ortho intramolecular Hbond substituents is 1. The first-order valence-electron chi connectivity index (χ1n) is 4.85. The quantitative estimate of drug-likeness (QED) is 0.713. The van der Waals surface area contributed by atoms with E-state index in [0.29, 0.717) is 0 Å². The summed E-state index contributed by atoms with van der Waals surface area (Å²) < 4.78 is 12.9. The van der Waals surface area contributed by atoms with E-state index in [9.17, 15) is 14.6 Å². The predicted octanol–water partition coefficient (Wildman–Crippen LogP) is 1.55. The lowest BCUT2D eigenvalue weighted by atomic mass is 9.94. The number of halogens is 1. The monoisotopic (exact) mass is 213 g/mol. The van der Waals surface area contributed by atoms with Crippen LogP contribution in [0.25, 0.3) is 0 Å². The summed E-state index contributed by atoms with van der Waals surface area (Å²) in [5.74, 6) is -0.625. The molecule has 0 unspecified atom stereocenters. The summed E-state index contributed by atoms with van der Waals surface area (Å²) in [7, 11) is 0. The summed E-state index contributed by atoms with van der Waals surface area (Å²) in [4.78, 5) is 0. The number of hydrogen-bond donors (Lipinski definition) is 3. The van der Waals surface area contributed by atoms with E-state index in [4.69, 9.17) is 5.73 Å². The molecule has 0 aliphatic rings. The molecule has 0 aliphatic carbocycles. The van der Waals surface area contributed by atoms with Gasteiger partial charge in [-0.3, -0.25) is 0 Å². The third-order valence-electron chi connectivity index (χ3n) is 2.40. The number of aliphatic hydroxyl groups is 1. The summed E-state index contributed by atoms with van der Waals surface area (Å²) in [5, 5.41) is 19.2. The van der Waals surface area contributed by atoms with Crippen molar-refractivity contribution in [2.24, 2.45) is 11.7 Å². The Morgan fingerprint density at radius 1 is 1.33 bits per heavy atom. The van der Waals surface area contributed by atoms with Crippen molar-refractivity contribution in [1.82, 2.24) is 0 Å². The molecule has 0 saturated carbocycles. The number of hydrogen-bond acceptors (Lipinski definition) is 3. The topological polar surface area (TPSA) is 66.5 Å². The van der Waals surface area contributed by atoms with E-state index in [-0.39, 0.29) is 17.2 Å². The maximum Gasteiger partial charge on any atom is 0.123 e. The van der Waals surface area contributed by atoms with Crippen molar-refractivity contribution >= 4 is 0 Å². The van der Waals surface area contributed by atoms with Crippen molar-refractivity contribution in [2.75, 3.05) is 0 Å². The highest BCUT2D eigenvalue weighted by Gasteiger charge is 2.22. The second kappa shape index (κ2) is 4.59. The molecule has 0 aromatic heterocycles. The molecule has 1 aromatic carbocycles. The SMILES string of the molecule is CC(C)[C@@H](O)[C@@H](N)c1cc(F)ccc1O. The molecular weight excluding hydrogens is 197 g/mol. The van der Waals surface area contributed by atoms with Crippen LogP contribution in [0.5, 0.6) is 5.75 Å². The molecule has 0 amide bonds. The molecule has 1 aromatic rings. The summed E-state index contributed by atoms with van der Waals surface area (Å²) in [6, 6.07) is 2.75. The van der Waals surface area contributed by atoms with Crippen molar-refractivity contribution in [3.63, 3.8) is 0 Å². The lowest BCUT2D eigenvalue weighted by molar-refractivity contribution is 0.0969. The lowest BCUT2D eigenvalue weighted by Gasteiger charge is -2.23.